The van der Waals surface area contributed by atoms with Crippen molar-refractivity contribution in [3.8, 4) is 0 Å². The van der Waals surface area contributed by atoms with E-state index in [1.165, 1.54) is 82.8 Å². The van der Waals surface area contributed by atoms with Gasteiger partial charge in [0.1, 0.15) is 30.2 Å². The van der Waals surface area contributed by atoms with Crippen LogP contribution in [0.25, 0.3) is 0 Å². The molecular weight excluding hydrogens is 1210 g/mol. The van der Waals surface area contributed by atoms with Crippen LogP contribution in [0.5, 0.6) is 0 Å². The van der Waals surface area contributed by atoms with Crippen LogP contribution in [0.3, 0.4) is 0 Å². The monoisotopic (exact) mass is 1330 g/mol. The van der Waals surface area contributed by atoms with E-state index in [0.717, 1.165) is 56.6 Å². The summed E-state index contributed by atoms with van der Waals surface area (Å²) in [7, 11) is 0. The lowest BCUT2D eigenvalue weighted by Gasteiger charge is -2.46. The number of aryl methyl sites for hydroxylation is 4. The van der Waals surface area contributed by atoms with Gasteiger partial charge in [-0.05, 0) is 216 Å². The predicted octanol–water partition coefficient (Wildman–Crippen LogP) is 23.4. The molecule has 16 rings (SSSR count). The first-order valence-electron chi connectivity index (χ1n) is 37.9. The average molecular weight is 1330 g/mol. The summed E-state index contributed by atoms with van der Waals surface area (Å²) in [6.07, 6.45) is 22.5. The second kappa shape index (κ2) is 29.7. The predicted molar refractivity (Wildman–Crippen MR) is 426 cm³/mol. The van der Waals surface area contributed by atoms with Gasteiger partial charge in [0.25, 0.3) is 0 Å². The number of allylic oxidation sites excluding steroid dienone is 8. The lowest BCUT2D eigenvalue weighted by molar-refractivity contribution is 0.0931. The molecule has 1 saturated carbocycles. The quantitative estimate of drug-likeness (QED) is 0.149. The molecule has 0 N–H and O–H groups in total. The molecule has 520 valence electrons. The summed E-state index contributed by atoms with van der Waals surface area (Å²) in [5, 5.41) is 0. The Morgan fingerprint density at radius 1 is 0.374 bits per heavy atom. The van der Waals surface area contributed by atoms with Crippen LogP contribution in [0.4, 0.5) is 22.7 Å². The first-order valence-corrected chi connectivity index (χ1v) is 34.4. The molecule has 8 nitrogen and oxygen atoms in total. The summed E-state index contributed by atoms with van der Waals surface area (Å²) < 4.78 is 58.7. The Kier molecular flexibility index (Phi) is 19.4. The standard InChI is InChI=1S/C27H26N2.C22H30N2.C21H22N2.C17H22N2.4CH4/c1-20-12-10-11-17-25(20)28-21(2)26-18-19-27(29(26)22(28)3,23-13-6-4-7-14-23)24-15-8-5-9-16-24;1-16-10-8-9-13-20(16)23-17(2)21-14-15-22(4,24(21)18(23)3)19-11-6-5-7-12-19;1-15-9-7-8-12-19(15)22-16(2)20-13-14-21(23(20)17(22)3)18-10-5-4-6-11-18;1-12-8-6-7-9-15(12)18-13(2)16-10-11-17(4,5)19(16)14(18)3;;;;/h4-19,22H,1-3H3;8-10,13-15,18-19H,5-7,11-12H2,1-4H3;4-14,17,21H,1-3H3;6-11,14H,1-5H3;4*1H4/i;3D3;21D;3D3;;;;. The zero-order chi connectivity index (χ0) is 72.6. The Labute approximate surface area is 608 Å². The number of para-hydroxylation sites is 4. The number of hydrogen-bond acceptors (Lipinski definition) is 8. The minimum Gasteiger partial charge on any atom is -0.341 e. The molecule has 99 heavy (non-hydrogen) atoms. The van der Waals surface area contributed by atoms with Gasteiger partial charge >= 0.3 is 0 Å². The zero-order valence-corrected chi connectivity index (χ0v) is 58.0. The van der Waals surface area contributed by atoms with E-state index in [4.69, 9.17) is 9.60 Å². The molecule has 8 aliphatic heterocycles. The first-order chi connectivity index (χ1) is 48.6. The smallest absolute Gasteiger partial charge is 0.112 e. The molecule has 8 heteroatoms. The largest absolute Gasteiger partial charge is 0.341 e. The van der Waals surface area contributed by atoms with Gasteiger partial charge in [0.05, 0.1) is 41.3 Å². The highest BCUT2D eigenvalue weighted by Crippen LogP contribution is 2.54. The van der Waals surface area contributed by atoms with E-state index in [1.807, 2.05) is 109 Å². The molecular formula is C91H116N8. The molecule has 0 amide bonds. The lowest BCUT2D eigenvalue weighted by atomic mass is 9.75. The van der Waals surface area contributed by atoms with Crippen LogP contribution in [0.2, 0.25) is 0 Å². The second-order valence-electron chi connectivity index (χ2n) is 27.8. The summed E-state index contributed by atoms with van der Waals surface area (Å²) in [6.45, 7) is 23.6. The normalized spacial score (nSPS) is 25.2. The van der Waals surface area contributed by atoms with Crippen LogP contribution in [-0.4, -0.2) is 55.3 Å². The Morgan fingerprint density at radius 3 is 1.19 bits per heavy atom. The Morgan fingerprint density at radius 2 is 0.737 bits per heavy atom. The summed E-state index contributed by atoms with van der Waals surface area (Å²) in [4.78, 5) is 17.9. The molecule has 6 unspecified atom stereocenters. The SMILES string of the molecule is C.C.C.C.CC1=C2C=CC(c3ccccc3)(c3ccccc3)N2C(C)N1c1ccccc1C.[2H]C([2H])([2H])C1N(c2ccccc2C)C(C)=C2C=CC(C)(C)N21.[2H]C([2H])([2H])C1N(c2ccccc2C)C(C)=C2C=CC(C)(C3CCCCC3)N21.[2H]C1(c2ccccc2)C=CC2=C(C)N(c3ccccc3C)C(C)N21. The third-order valence-electron chi connectivity index (χ3n) is 21.8. The highest BCUT2D eigenvalue weighted by Gasteiger charge is 2.52. The Hall–Kier alpha value is -9.14. The molecule has 7 aromatic rings. The van der Waals surface area contributed by atoms with Crippen LogP contribution in [0.1, 0.15) is 192 Å². The van der Waals surface area contributed by atoms with Gasteiger partial charge in [0, 0.05) is 53.8 Å². The third kappa shape index (κ3) is 12.7. The number of fused-ring (bicyclic) bond motifs is 4. The third-order valence-corrected chi connectivity index (χ3v) is 21.8. The van der Waals surface area contributed by atoms with E-state index in [-0.39, 0.29) is 58.7 Å². The van der Waals surface area contributed by atoms with Crippen molar-refractivity contribution < 1.29 is 9.60 Å². The lowest BCUT2D eigenvalue weighted by Crippen LogP contribution is -2.52. The molecule has 0 saturated heterocycles. The van der Waals surface area contributed by atoms with Gasteiger partial charge in [-0.25, -0.2) is 0 Å². The molecule has 0 radical (unpaired) electrons. The summed E-state index contributed by atoms with van der Waals surface area (Å²) >= 11 is 0. The zero-order valence-electron chi connectivity index (χ0n) is 65.0. The van der Waals surface area contributed by atoms with Crippen LogP contribution in [0, 0.1) is 33.6 Å². The summed E-state index contributed by atoms with van der Waals surface area (Å²) in [5.41, 5.74) is 21.0. The van der Waals surface area contributed by atoms with E-state index in [1.54, 1.807) is 0 Å². The Balaban J connectivity index is 0.000000162. The van der Waals surface area contributed by atoms with Crippen molar-refractivity contribution in [2.24, 2.45) is 5.92 Å². The molecule has 9 aliphatic rings. The number of rotatable bonds is 8. The first kappa shape index (κ1) is 64.5. The molecule has 0 spiro atoms. The van der Waals surface area contributed by atoms with Crippen molar-refractivity contribution in [3.05, 3.63) is 321 Å². The maximum Gasteiger partial charge on any atom is 0.112 e. The topological polar surface area (TPSA) is 25.9 Å². The molecule has 6 atom stereocenters. The van der Waals surface area contributed by atoms with Gasteiger partial charge in [-0.3, -0.25) is 0 Å². The van der Waals surface area contributed by atoms with Gasteiger partial charge in [-0.1, -0.05) is 231 Å². The Bertz CT molecular complexity index is 4500. The second-order valence-corrected chi connectivity index (χ2v) is 27.8. The van der Waals surface area contributed by atoms with Gasteiger partial charge in [-0.15, -0.1) is 0 Å². The fraction of sp³-hybridized carbons (Fsp3) is 0.363. The summed E-state index contributed by atoms with van der Waals surface area (Å²) in [5.74, 6) is 0.509. The molecule has 8 heterocycles. The van der Waals surface area contributed by atoms with Gasteiger partial charge in [0.15, 0.2) is 0 Å². The van der Waals surface area contributed by atoms with Crippen molar-refractivity contribution in [2.75, 3.05) is 19.6 Å². The van der Waals surface area contributed by atoms with Crippen molar-refractivity contribution in [3.63, 3.8) is 0 Å². The summed E-state index contributed by atoms with van der Waals surface area (Å²) in [6, 6.07) is 64.2. The maximum absolute atomic E-state index is 9.15. The average Bonchev–Trinajstić information content (AvgIpc) is 1.56. The molecule has 0 bridgehead atoms. The minimum atomic E-state index is -2.10. The highest BCUT2D eigenvalue weighted by molar-refractivity contribution is 5.68. The van der Waals surface area contributed by atoms with E-state index in [9.17, 15) is 0 Å². The number of anilines is 4. The number of hydrogen-bond donors (Lipinski definition) is 0. The van der Waals surface area contributed by atoms with Gasteiger partial charge in [0.2, 0.25) is 0 Å². The number of benzene rings is 7. The molecule has 1 fully saturated rings. The van der Waals surface area contributed by atoms with Crippen LogP contribution in [-0.2, 0) is 5.54 Å². The van der Waals surface area contributed by atoms with Crippen molar-refractivity contribution >= 4 is 22.7 Å². The van der Waals surface area contributed by atoms with E-state index in [0.29, 0.717) is 5.92 Å². The molecule has 7 aromatic carbocycles. The molecule has 1 aliphatic carbocycles. The van der Waals surface area contributed by atoms with E-state index < -0.39 is 32.1 Å². The van der Waals surface area contributed by atoms with Crippen molar-refractivity contribution in [1.29, 1.82) is 0 Å². The van der Waals surface area contributed by atoms with Crippen molar-refractivity contribution in [2.45, 2.75) is 213 Å². The van der Waals surface area contributed by atoms with Crippen molar-refractivity contribution in [1.82, 2.24) is 19.6 Å². The maximum atomic E-state index is 9.15. The minimum absolute atomic E-state index is 0. The van der Waals surface area contributed by atoms with Crippen LogP contribution < -0.4 is 19.6 Å². The van der Waals surface area contributed by atoms with Gasteiger partial charge < -0.3 is 39.2 Å². The fourth-order valence-corrected chi connectivity index (χ4v) is 16.8. The van der Waals surface area contributed by atoms with Gasteiger partial charge in [-0.2, -0.15) is 0 Å². The van der Waals surface area contributed by atoms with Crippen LogP contribution >= 0.6 is 0 Å². The van der Waals surface area contributed by atoms with Crippen LogP contribution in [0.15, 0.2) is 282 Å². The van der Waals surface area contributed by atoms with E-state index >= 15 is 0 Å². The molecule has 0 aromatic heterocycles. The van der Waals surface area contributed by atoms with E-state index in [2.05, 4.69) is 257 Å². The highest BCUT2D eigenvalue weighted by atomic mass is 15.5. The number of nitrogens with zero attached hydrogens (tertiary/aromatic N) is 8. The fourth-order valence-electron chi connectivity index (χ4n) is 16.8.